The van der Waals surface area contributed by atoms with Crippen LogP contribution in [0.1, 0.15) is 42.2 Å². The van der Waals surface area contributed by atoms with Crippen molar-refractivity contribution in [3.05, 3.63) is 16.1 Å². The minimum Gasteiger partial charge on any atom is -0.384 e. The molecular formula is C16H29Cl2N3O2S. The number of carbonyl (C=O) groups excluding carboxylic acids is 1. The molecule has 2 heterocycles. The van der Waals surface area contributed by atoms with Gasteiger partial charge in [0.25, 0.3) is 5.91 Å². The van der Waals surface area contributed by atoms with Crippen LogP contribution >= 0.6 is 36.2 Å². The van der Waals surface area contributed by atoms with Gasteiger partial charge in [0.2, 0.25) is 0 Å². The second kappa shape index (κ2) is 11.3. The fourth-order valence-corrected chi connectivity index (χ4v) is 3.84. The van der Waals surface area contributed by atoms with Crippen molar-refractivity contribution in [3.8, 4) is 0 Å². The fraction of sp³-hybridized carbons (Fsp3) is 0.750. The second-order valence-electron chi connectivity index (χ2n) is 6.59. The van der Waals surface area contributed by atoms with Gasteiger partial charge in [-0.25, -0.2) is 4.98 Å². The number of hydrogen-bond donors (Lipinski definition) is 2. The van der Waals surface area contributed by atoms with Crippen molar-refractivity contribution in [1.82, 2.24) is 15.6 Å². The van der Waals surface area contributed by atoms with Crippen LogP contribution in [0.25, 0.3) is 0 Å². The zero-order valence-electron chi connectivity index (χ0n) is 14.6. The molecule has 24 heavy (non-hydrogen) atoms. The lowest BCUT2D eigenvalue weighted by molar-refractivity contribution is 0.0511. The van der Waals surface area contributed by atoms with E-state index in [9.17, 15) is 4.79 Å². The Morgan fingerprint density at radius 3 is 2.67 bits per heavy atom. The van der Waals surface area contributed by atoms with Crippen LogP contribution in [-0.4, -0.2) is 44.2 Å². The average molecular weight is 398 g/mol. The lowest BCUT2D eigenvalue weighted by Gasteiger charge is -2.37. The average Bonchev–Trinajstić information content (AvgIpc) is 2.94. The van der Waals surface area contributed by atoms with Gasteiger partial charge in [0.15, 0.2) is 0 Å². The van der Waals surface area contributed by atoms with Gasteiger partial charge in [-0.3, -0.25) is 4.79 Å². The smallest absolute Gasteiger partial charge is 0.270 e. The number of aromatic nitrogens is 1. The highest BCUT2D eigenvalue weighted by Gasteiger charge is 2.32. The molecule has 0 atom stereocenters. The van der Waals surface area contributed by atoms with Gasteiger partial charge in [-0.1, -0.05) is 13.8 Å². The second-order valence-corrected chi connectivity index (χ2v) is 7.53. The molecule has 0 unspecified atom stereocenters. The van der Waals surface area contributed by atoms with Gasteiger partial charge in [-0.05, 0) is 31.8 Å². The predicted octanol–water partition coefficient (Wildman–Crippen LogP) is 2.93. The number of halogens is 2. The number of thiazole rings is 1. The molecule has 1 aliphatic rings. The molecule has 1 aromatic rings. The van der Waals surface area contributed by atoms with E-state index in [0.29, 0.717) is 24.8 Å². The van der Waals surface area contributed by atoms with E-state index in [4.69, 9.17) is 4.74 Å². The number of piperidine rings is 1. The van der Waals surface area contributed by atoms with Gasteiger partial charge in [-0.2, -0.15) is 0 Å². The van der Waals surface area contributed by atoms with Crippen LogP contribution < -0.4 is 10.6 Å². The number of rotatable bonds is 7. The molecule has 8 heteroatoms. The van der Waals surface area contributed by atoms with Crippen LogP contribution in [0.3, 0.4) is 0 Å². The summed E-state index contributed by atoms with van der Waals surface area (Å²) in [6.07, 6.45) is 2.98. The Balaban J connectivity index is 0.00000264. The molecule has 1 fully saturated rings. The molecule has 0 radical (unpaired) electrons. The van der Waals surface area contributed by atoms with E-state index in [0.717, 1.165) is 37.4 Å². The maximum Gasteiger partial charge on any atom is 0.270 e. The van der Waals surface area contributed by atoms with Gasteiger partial charge in [-0.15, -0.1) is 36.2 Å². The maximum absolute atomic E-state index is 12.3. The first kappa shape index (κ1) is 23.6. The van der Waals surface area contributed by atoms with E-state index in [1.165, 1.54) is 0 Å². The summed E-state index contributed by atoms with van der Waals surface area (Å²) < 4.78 is 5.38. The van der Waals surface area contributed by atoms with Crippen LogP contribution in [0.15, 0.2) is 5.38 Å². The number of ether oxygens (including phenoxy) is 1. The van der Waals surface area contributed by atoms with Crippen molar-refractivity contribution in [3.63, 3.8) is 0 Å². The molecule has 2 rings (SSSR count). The van der Waals surface area contributed by atoms with Crippen LogP contribution in [0, 0.1) is 11.3 Å². The van der Waals surface area contributed by atoms with Crippen LogP contribution in [0.4, 0.5) is 0 Å². The van der Waals surface area contributed by atoms with E-state index < -0.39 is 0 Å². The largest absolute Gasteiger partial charge is 0.384 e. The number of nitrogens with zero attached hydrogens (tertiary/aromatic N) is 1. The molecule has 1 amide bonds. The van der Waals surface area contributed by atoms with Crippen LogP contribution in [-0.2, 0) is 11.2 Å². The summed E-state index contributed by atoms with van der Waals surface area (Å²) in [6.45, 7) is 7.62. The maximum atomic E-state index is 12.3. The van der Waals surface area contributed by atoms with Gasteiger partial charge < -0.3 is 15.4 Å². The molecule has 2 N–H and O–H groups in total. The van der Waals surface area contributed by atoms with Crippen molar-refractivity contribution in [2.75, 3.05) is 33.4 Å². The number of hydrogen-bond acceptors (Lipinski definition) is 5. The van der Waals surface area contributed by atoms with E-state index in [1.807, 2.05) is 5.38 Å². The zero-order chi connectivity index (χ0) is 16.0. The Hall–Kier alpha value is -0.400. The summed E-state index contributed by atoms with van der Waals surface area (Å²) in [4.78, 5) is 16.8. The molecule has 0 aliphatic carbocycles. The van der Waals surface area contributed by atoms with Crippen molar-refractivity contribution in [1.29, 1.82) is 0 Å². The van der Waals surface area contributed by atoms with Crippen molar-refractivity contribution in [2.45, 2.75) is 33.1 Å². The molecule has 1 saturated heterocycles. The lowest BCUT2D eigenvalue weighted by atomic mass is 9.79. The number of amides is 1. The molecule has 140 valence electrons. The first-order valence-electron chi connectivity index (χ1n) is 7.97. The zero-order valence-corrected chi connectivity index (χ0v) is 17.0. The van der Waals surface area contributed by atoms with Gasteiger partial charge >= 0.3 is 0 Å². The normalized spacial score (nSPS) is 16.2. The number of carbonyl (C=O) groups is 1. The predicted molar refractivity (Wildman–Crippen MR) is 104 cm³/mol. The van der Waals surface area contributed by atoms with Gasteiger partial charge in [0.1, 0.15) is 5.69 Å². The minimum atomic E-state index is -0.0692. The lowest BCUT2D eigenvalue weighted by Crippen LogP contribution is -2.47. The van der Waals surface area contributed by atoms with E-state index in [2.05, 4.69) is 29.5 Å². The summed E-state index contributed by atoms with van der Waals surface area (Å²) in [5.74, 6) is 0.488. The van der Waals surface area contributed by atoms with E-state index >= 15 is 0 Å². The summed E-state index contributed by atoms with van der Waals surface area (Å²) in [7, 11) is 1.73. The highest BCUT2D eigenvalue weighted by Crippen LogP contribution is 2.28. The van der Waals surface area contributed by atoms with Crippen LogP contribution in [0.5, 0.6) is 0 Å². The first-order valence-corrected chi connectivity index (χ1v) is 8.85. The Bertz CT molecular complexity index is 486. The molecule has 1 aromatic heterocycles. The standard InChI is InChI=1S/C16H27N3O2S.2ClH/c1-12(2)8-14-19-13(9-22-14)15(20)18-10-16(11-21-3)4-6-17-7-5-16;;/h9,12,17H,4-8,10-11H2,1-3H3,(H,18,20);2*1H. The highest BCUT2D eigenvalue weighted by atomic mass is 35.5. The summed E-state index contributed by atoms with van der Waals surface area (Å²) >= 11 is 1.57. The third-order valence-electron chi connectivity index (χ3n) is 4.11. The van der Waals surface area contributed by atoms with Crippen molar-refractivity contribution >= 4 is 42.1 Å². The monoisotopic (exact) mass is 397 g/mol. The highest BCUT2D eigenvalue weighted by molar-refractivity contribution is 7.09. The van der Waals surface area contributed by atoms with Crippen LogP contribution in [0.2, 0.25) is 0 Å². The molecule has 0 bridgehead atoms. The topological polar surface area (TPSA) is 63.2 Å². The summed E-state index contributed by atoms with van der Waals surface area (Å²) in [5, 5.41) is 9.31. The Kier molecular flexibility index (Phi) is 11.1. The van der Waals surface area contributed by atoms with E-state index in [1.54, 1.807) is 18.4 Å². The third kappa shape index (κ3) is 6.84. The molecular weight excluding hydrogens is 369 g/mol. The molecule has 0 spiro atoms. The molecule has 0 saturated carbocycles. The number of methoxy groups -OCH3 is 1. The van der Waals surface area contributed by atoms with E-state index in [-0.39, 0.29) is 36.1 Å². The van der Waals surface area contributed by atoms with Crippen molar-refractivity contribution in [2.24, 2.45) is 11.3 Å². The molecule has 5 nitrogen and oxygen atoms in total. The fourth-order valence-electron chi connectivity index (χ4n) is 2.85. The SMILES string of the molecule is COCC1(CNC(=O)c2csc(CC(C)C)n2)CCNCC1.Cl.Cl. The third-order valence-corrected chi connectivity index (χ3v) is 4.98. The quantitative estimate of drug-likeness (QED) is 0.742. The first-order chi connectivity index (χ1) is 10.5. The Morgan fingerprint density at radius 1 is 1.42 bits per heavy atom. The summed E-state index contributed by atoms with van der Waals surface area (Å²) in [6, 6.07) is 0. The minimum absolute atomic E-state index is 0. The van der Waals surface area contributed by atoms with Gasteiger partial charge in [0, 0.05) is 30.9 Å². The Morgan fingerprint density at radius 2 is 2.08 bits per heavy atom. The van der Waals surface area contributed by atoms with Gasteiger partial charge in [0.05, 0.1) is 11.6 Å². The van der Waals surface area contributed by atoms with Crippen molar-refractivity contribution < 1.29 is 9.53 Å². The summed E-state index contributed by atoms with van der Waals surface area (Å²) in [5.41, 5.74) is 0.592. The Labute approximate surface area is 161 Å². The molecule has 0 aromatic carbocycles. The number of nitrogens with one attached hydrogen (secondary N) is 2. The molecule has 1 aliphatic heterocycles.